The van der Waals surface area contributed by atoms with E-state index in [4.69, 9.17) is 0 Å². The van der Waals surface area contributed by atoms with Crippen molar-refractivity contribution in [3.05, 3.63) is 34.4 Å². The number of hydrogen-bond acceptors (Lipinski definition) is 2. The molecule has 1 fully saturated rings. The Hall–Kier alpha value is -1.31. The molecule has 1 heterocycles. The van der Waals surface area contributed by atoms with Gasteiger partial charge in [0.15, 0.2) is 0 Å². The van der Waals surface area contributed by atoms with E-state index in [1.807, 2.05) is 13.0 Å². The van der Waals surface area contributed by atoms with Crippen LogP contribution in [0.3, 0.4) is 0 Å². The van der Waals surface area contributed by atoms with Crippen LogP contribution in [0.4, 0.5) is 0 Å². The number of nitriles is 1. The molecule has 1 aliphatic rings. The number of benzene rings is 1. The van der Waals surface area contributed by atoms with Crippen molar-refractivity contribution in [1.82, 2.24) is 4.57 Å². The fraction of sp³-hybridized carbons (Fsp3) is 0.471. The van der Waals surface area contributed by atoms with Crippen molar-refractivity contribution in [3.63, 3.8) is 0 Å². The van der Waals surface area contributed by atoms with E-state index in [0.29, 0.717) is 5.92 Å². The Morgan fingerprint density at radius 3 is 2.86 bits per heavy atom. The smallest absolute Gasteiger partial charge is 0.0761 e. The average Bonchev–Trinajstić information content (AvgIpc) is 3.25. The standard InChI is InChI=1S/C17H19BrN2O/c1-11(10-21)8-20-9-16(15(7-19)12-2-3-12)14-5-4-13(18)6-17(14)20/h4-6,9,11-12,15,21H,2-3,8,10H2,1H3/t11-,15?/m0/s1. The average molecular weight is 347 g/mol. The molecule has 110 valence electrons. The fourth-order valence-electron chi connectivity index (χ4n) is 2.94. The fourth-order valence-corrected chi connectivity index (χ4v) is 3.29. The highest BCUT2D eigenvalue weighted by atomic mass is 79.9. The second kappa shape index (κ2) is 5.82. The van der Waals surface area contributed by atoms with Crippen LogP contribution in [0, 0.1) is 23.2 Å². The summed E-state index contributed by atoms with van der Waals surface area (Å²) >= 11 is 3.53. The van der Waals surface area contributed by atoms with Crippen LogP contribution in [-0.4, -0.2) is 16.3 Å². The van der Waals surface area contributed by atoms with Crippen LogP contribution in [0.1, 0.15) is 31.2 Å². The maximum atomic E-state index is 9.53. The molecule has 0 amide bonds. The minimum absolute atomic E-state index is 0.000594. The summed E-state index contributed by atoms with van der Waals surface area (Å²) in [5, 5.41) is 20.0. The van der Waals surface area contributed by atoms with Gasteiger partial charge in [0.2, 0.25) is 0 Å². The van der Waals surface area contributed by atoms with Gasteiger partial charge in [-0.2, -0.15) is 5.26 Å². The third-order valence-electron chi connectivity index (χ3n) is 4.26. The summed E-state index contributed by atoms with van der Waals surface area (Å²) in [7, 11) is 0. The Balaban J connectivity index is 2.10. The van der Waals surface area contributed by atoms with Crippen LogP contribution in [0.2, 0.25) is 0 Å². The molecular weight excluding hydrogens is 328 g/mol. The zero-order valence-corrected chi connectivity index (χ0v) is 13.7. The zero-order valence-electron chi connectivity index (χ0n) is 12.1. The molecule has 1 aliphatic carbocycles. The molecule has 2 atom stereocenters. The SMILES string of the molecule is C[C@H](CO)Cn1cc(C(C#N)C2CC2)c2ccc(Br)cc21. The number of aliphatic hydroxyl groups is 1. The predicted octanol–water partition coefficient (Wildman–Crippen LogP) is 4.05. The van der Waals surface area contributed by atoms with Crippen molar-refractivity contribution in [1.29, 1.82) is 5.26 Å². The molecule has 0 radical (unpaired) electrons. The number of fused-ring (bicyclic) bond motifs is 1. The molecular formula is C17H19BrN2O. The number of aromatic nitrogens is 1. The van der Waals surface area contributed by atoms with Gasteiger partial charge >= 0.3 is 0 Å². The van der Waals surface area contributed by atoms with Crippen molar-refractivity contribution in [2.75, 3.05) is 6.61 Å². The van der Waals surface area contributed by atoms with Gasteiger partial charge in [-0.1, -0.05) is 28.9 Å². The van der Waals surface area contributed by atoms with Gasteiger partial charge in [-0.25, -0.2) is 0 Å². The lowest BCUT2D eigenvalue weighted by atomic mass is 9.95. The summed E-state index contributed by atoms with van der Waals surface area (Å²) in [4.78, 5) is 0. The predicted molar refractivity (Wildman–Crippen MR) is 87.0 cm³/mol. The number of hydrogen-bond donors (Lipinski definition) is 1. The van der Waals surface area contributed by atoms with Crippen LogP contribution >= 0.6 is 15.9 Å². The van der Waals surface area contributed by atoms with Gasteiger partial charge in [0, 0.05) is 34.7 Å². The first kappa shape index (κ1) is 14.6. The van der Waals surface area contributed by atoms with Crippen LogP contribution in [0.25, 0.3) is 10.9 Å². The van der Waals surface area contributed by atoms with Gasteiger partial charge in [-0.15, -0.1) is 0 Å². The second-order valence-corrected chi connectivity index (χ2v) is 7.05. The van der Waals surface area contributed by atoms with Gasteiger partial charge in [0.05, 0.1) is 12.0 Å². The van der Waals surface area contributed by atoms with Crippen LogP contribution in [-0.2, 0) is 6.54 Å². The van der Waals surface area contributed by atoms with Gasteiger partial charge in [-0.05, 0) is 42.4 Å². The number of nitrogens with zero attached hydrogens (tertiary/aromatic N) is 2. The normalized spacial score (nSPS) is 17.6. The lowest BCUT2D eigenvalue weighted by Gasteiger charge is -2.10. The molecule has 0 aliphatic heterocycles. The van der Waals surface area contributed by atoms with E-state index in [-0.39, 0.29) is 18.4 Å². The first-order valence-electron chi connectivity index (χ1n) is 7.42. The molecule has 1 aromatic carbocycles. The highest BCUT2D eigenvalue weighted by Gasteiger charge is 2.34. The number of halogens is 1. The van der Waals surface area contributed by atoms with Crippen molar-refractivity contribution >= 4 is 26.8 Å². The molecule has 0 spiro atoms. The van der Waals surface area contributed by atoms with E-state index in [1.54, 1.807) is 0 Å². The summed E-state index contributed by atoms with van der Waals surface area (Å²) in [6.45, 7) is 2.98. The van der Waals surface area contributed by atoms with Crippen LogP contribution in [0.15, 0.2) is 28.9 Å². The molecule has 4 heteroatoms. The minimum atomic E-state index is -0.000594. The summed E-state index contributed by atoms with van der Waals surface area (Å²) in [6, 6.07) is 8.73. The van der Waals surface area contributed by atoms with E-state index in [9.17, 15) is 10.4 Å². The highest BCUT2D eigenvalue weighted by molar-refractivity contribution is 9.10. The van der Waals surface area contributed by atoms with E-state index in [2.05, 4.69) is 44.9 Å². The van der Waals surface area contributed by atoms with E-state index >= 15 is 0 Å². The number of rotatable bonds is 5. The third kappa shape index (κ3) is 2.86. The molecule has 3 nitrogen and oxygen atoms in total. The summed E-state index contributed by atoms with van der Waals surface area (Å²) < 4.78 is 3.22. The van der Waals surface area contributed by atoms with Crippen molar-refractivity contribution in [3.8, 4) is 6.07 Å². The summed E-state index contributed by atoms with van der Waals surface area (Å²) in [5.41, 5.74) is 2.29. The molecule has 1 unspecified atom stereocenters. The maximum Gasteiger partial charge on any atom is 0.0761 e. The van der Waals surface area contributed by atoms with E-state index in [1.165, 1.54) is 5.39 Å². The molecule has 1 saturated carbocycles. The van der Waals surface area contributed by atoms with Crippen LogP contribution in [0.5, 0.6) is 0 Å². The Morgan fingerprint density at radius 1 is 1.48 bits per heavy atom. The van der Waals surface area contributed by atoms with Crippen molar-refractivity contribution in [2.45, 2.75) is 32.2 Å². The Morgan fingerprint density at radius 2 is 2.24 bits per heavy atom. The van der Waals surface area contributed by atoms with E-state index < -0.39 is 0 Å². The Kier molecular flexibility index (Phi) is 4.05. The largest absolute Gasteiger partial charge is 0.396 e. The third-order valence-corrected chi connectivity index (χ3v) is 4.76. The molecule has 2 aromatic rings. The molecule has 3 rings (SSSR count). The summed E-state index contributed by atoms with van der Waals surface area (Å²) in [5.74, 6) is 0.723. The lowest BCUT2D eigenvalue weighted by Crippen LogP contribution is -2.10. The Bertz CT molecular complexity index is 697. The van der Waals surface area contributed by atoms with Gasteiger partial charge in [0.25, 0.3) is 0 Å². The molecule has 0 saturated heterocycles. The molecule has 1 N–H and O–H groups in total. The molecule has 1 aromatic heterocycles. The lowest BCUT2D eigenvalue weighted by molar-refractivity contribution is 0.224. The minimum Gasteiger partial charge on any atom is -0.396 e. The van der Waals surface area contributed by atoms with Gasteiger partial charge in [0.1, 0.15) is 0 Å². The first-order chi connectivity index (χ1) is 10.1. The monoisotopic (exact) mass is 346 g/mol. The molecule has 21 heavy (non-hydrogen) atoms. The van der Waals surface area contributed by atoms with Gasteiger partial charge < -0.3 is 9.67 Å². The molecule has 0 bridgehead atoms. The van der Waals surface area contributed by atoms with E-state index in [0.717, 1.165) is 34.9 Å². The second-order valence-electron chi connectivity index (χ2n) is 6.13. The number of aliphatic hydroxyl groups excluding tert-OH is 1. The van der Waals surface area contributed by atoms with Crippen LogP contribution < -0.4 is 0 Å². The first-order valence-corrected chi connectivity index (χ1v) is 8.22. The summed E-state index contributed by atoms with van der Waals surface area (Å²) in [6.07, 6.45) is 4.44. The maximum absolute atomic E-state index is 9.53. The van der Waals surface area contributed by atoms with Crippen molar-refractivity contribution < 1.29 is 5.11 Å². The topological polar surface area (TPSA) is 49.0 Å². The zero-order chi connectivity index (χ0) is 15.0. The van der Waals surface area contributed by atoms with Gasteiger partial charge in [-0.3, -0.25) is 0 Å². The quantitative estimate of drug-likeness (QED) is 0.887. The van der Waals surface area contributed by atoms with Crippen molar-refractivity contribution in [2.24, 2.45) is 11.8 Å². The Labute approximate surface area is 133 Å². The highest BCUT2D eigenvalue weighted by Crippen LogP contribution is 2.44.